The Bertz CT molecular complexity index is 802. The van der Waals surface area contributed by atoms with Crippen molar-refractivity contribution in [3.8, 4) is 34.0 Å². The summed E-state index contributed by atoms with van der Waals surface area (Å²) in [5.74, 6) is 0.969. The second kappa shape index (κ2) is 7.09. The van der Waals surface area contributed by atoms with Crippen molar-refractivity contribution in [2.45, 2.75) is 6.42 Å². The molecular weight excluding hydrogens is 320 g/mol. The number of hydrogen-bond acceptors (Lipinski definition) is 4. The summed E-state index contributed by atoms with van der Waals surface area (Å²) in [5, 5.41) is 9.05. The number of H-pyrrole nitrogens is 1. The van der Waals surface area contributed by atoms with E-state index in [9.17, 15) is 4.79 Å². The number of carbonyl (C=O) groups is 1. The molecule has 0 radical (unpaired) electrons. The van der Waals surface area contributed by atoms with E-state index in [-0.39, 0.29) is 6.42 Å². The van der Waals surface area contributed by atoms with Crippen molar-refractivity contribution < 1.29 is 19.4 Å². The van der Waals surface area contributed by atoms with E-state index < -0.39 is 5.97 Å². The fraction of sp³-hybridized carbons (Fsp3) is 0.158. The number of carboxylic acids is 1. The number of rotatable bonds is 6. The Morgan fingerprint density at radius 1 is 0.960 bits per heavy atom. The molecule has 1 aromatic heterocycles. The van der Waals surface area contributed by atoms with Gasteiger partial charge in [-0.3, -0.25) is 4.79 Å². The molecule has 3 aromatic rings. The van der Waals surface area contributed by atoms with E-state index in [2.05, 4.69) is 9.97 Å². The molecule has 0 aliphatic carbocycles. The third-order valence-electron chi connectivity index (χ3n) is 3.81. The van der Waals surface area contributed by atoms with Crippen molar-refractivity contribution in [2.24, 2.45) is 0 Å². The van der Waals surface area contributed by atoms with Crippen LogP contribution in [0.5, 0.6) is 11.5 Å². The maximum absolute atomic E-state index is 11.0. The second-order valence-electron chi connectivity index (χ2n) is 5.43. The Hall–Kier alpha value is -3.28. The number of aliphatic carboxylic acids is 1. The number of benzene rings is 2. The van der Waals surface area contributed by atoms with Gasteiger partial charge in [-0.25, -0.2) is 4.98 Å². The van der Waals surface area contributed by atoms with Gasteiger partial charge < -0.3 is 19.6 Å². The fourth-order valence-electron chi connectivity index (χ4n) is 2.57. The summed E-state index contributed by atoms with van der Waals surface area (Å²) in [6.07, 6.45) is -0.167. The highest BCUT2D eigenvalue weighted by atomic mass is 16.5. The lowest BCUT2D eigenvalue weighted by Crippen LogP contribution is -2.01. The summed E-state index contributed by atoms with van der Waals surface area (Å²) in [6, 6.07) is 15.0. The van der Waals surface area contributed by atoms with E-state index in [0.717, 1.165) is 28.3 Å². The molecule has 128 valence electrons. The molecule has 0 aliphatic rings. The van der Waals surface area contributed by atoms with Gasteiger partial charge in [0.25, 0.3) is 0 Å². The van der Waals surface area contributed by atoms with Crippen LogP contribution >= 0.6 is 0 Å². The minimum Gasteiger partial charge on any atom is -0.497 e. The molecule has 0 fully saturated rings. The van der Waals surface area contributed by atoms with Crippen LogP contribution in [0.15, 0.2) is 48.5 Å². The minimum absolute atomic E-state index is 0.167. The first-order chi connectivity index (χ1) is 12.1. The van der Waals surface area contributed by atoms with Gasteiger partial charge in [0.1, 0.15) is 23.7 Å². The van der Waals surface area contributed by atoms with E-state index >= 15 is 0 Å². The zero-order valence-corrected chi connectivity index (χ0v) is 13.9. The number of aromatic amines is 1. The van der Waals surface area contributed by atoms with Crippen molar-refractivity contribution in [1.29, 1.82) is 0 Å². The summed E-state index contributed by atoms with van der Waals surface area (Å²) in [4.78, 5) is 18.7. The number of carboxylic acid groups (broad SMARTS) is 1. The molecular formula is C19H18N2O4. The summed E-state index contributed by atoms with van der Waals surface area (Å²) in [6.45, 7) is 0. The van der Waals surface area contributed by atoms with E-state index in [1.54, 1.807) is 14.2 Å². The predicted molar refractivity (Wildman–Crippen MR) is 93.9 cm³/mol. The number of imidazole rings is 1. The van der Waals surface area contributed by atoms with Gasteiger partial charge >= 0.3 is 5.97 Å². The third kappa shape index (κ3) is 3.63. The lowest BCUT2D eigenvalue weighted by molar-refractivity contribution is -0.136. The van der Waals surface area contributed by atoms with Crippen molar-refractivity contribution >= 4 is 5.97 Å². The zero-order valence-electron chi connectivity index (χ0n) is 13.9. The molecule has 25 heavy (non-hydrogen) atoms. The number of hydrogen-bond donors (Lipinski definition) is 2. The number of aromatic nitrogens is 2. The smallest absolute Gasteiger partial charge is 0.311 e. The second-order valence-corrected chi connectivity index (χ2v) is 5.43. The molecule has 0 aliphatic heterocycles. The zero-order chi connectivity index (χ0) is 17.8. The number of nitrogens with one attached hydrogen (secondary N) is 1. The molecule has 0 saturated heterocycles. The predicted octanol–water partition coefficient (Wildman–Crippen LogP) is 3.39. The monoisotopic (exact) mass is 338 g/mol. The molecule has 2 N–H and O–H groups in total. The lowest BCUT2D eigenvalue weighted by Gasteiger charge is -2.06. The topological polar surface area (TPSA) is 84.4 Å². The van der Waals surface area contributed by atoms with E-state index in [0.29, 0.717) is 11.5 Å². The van der Waals surface area contributed by atoms with Crippen LogP contribution < -0.4 is 9.47 Å². The number of methoxy groups -OCH3 is 2. The van der Waals surface area contributed by atoms with Gasteiger partial charge in [-0.1, -0.05) is 0 Å². The largest absolute Gasteiger partial charge is 0.497 e. The van der Waals surface area contributed by atoms with Gasteiger partial charge in [-0.15, -0.1) is 0 Å². The van der Waals surface area contributed by atoms with Crippen molar-refractivity contribution in [3.63, 3.8) is 0 Å². The molecule has 0 bridgehead atoms. The fourth-order valence-corrected chi connectivity index (χ4v) is 2.57. The molecule has 6 heteroatoms. The highest BCUT2D eigenvalue weighted by Crippen LogP contribution is 2.32. The van der Waals surface area contributed by atoms with Crippen molar-refractivity contribution in [1.82, 2.24) is 9.97 Å². The highest BCUT2D eigenvalue weighted by Gasteiger charge is 2.16. The van der Waals surface area contributed by atoms with Crippen LogP contribution in [0.3, 0.4) is 0 Å². The molecule has 6 nitrogen and oxygen atoms in total. The molecule has 0 atom stereocenters. The van der Waals surface area contributed by atoms with Gasteiger partial charge in [-0.05, 0) is 48.5 Å². The molecule has 0 spiro atoms. The Balaban J connectivity index is 2.07. The normalized spacial score (nSPS) is 10.5. The minimum atomic E-state index is -0.934. The van der Waals surface area contributed by atoms with Crippen LogP contribution in [0.2, 0.25) is 0 Å². The first-order valence-electron chi connectivity index (χ1n) is 7.70. The van der Waals surface area contributed by atoms with Gasteiger partial charge in [0, 0.05) is 11.1 Å². The summed E-state index contributed by atoms with van der Waals surface area (Å²) < 4.78 is 10.4. The lowest BCUT2D eigenvalue weighted by atomic mass is 10.0. The van der Waals surface area contributed by atoms with E-state index in [1.165, 1.54) is 0 Å². The number of ether oxygens (including phenoxy) is 2. The number of nitrogens with zero attached hydrogens (tertiary/aromatic N) is 1. The molecule has 1 heterocycles. The molecule has 3 rings (SSSR count). The van der Waals surface area contributed by atoms with Crippen LogP contribution in [0.25, 0.3) is 22.5 Å². The Morgan fingerprint density at radius 3 is 1.96 bits per heavy atom. The quantitative estimate of drug-likeness (QED) is 0.720. The summed E-state index contributed by atoms with van der Waals surface area (Å²) >= 11 is 0. The van der Waals surface area contributed by atoms with Crippen LogP contribution in [-0.2, 0) is 11.2 Å². The Labute approximate surface area is 145 Å². The van der Waals surface area contributed by atoms with Gasteiger partial charge in [0.2, 0.25) is 0 Å². The van der Waals surface area contributed by atoms with Crippen LogP contribution in [0, 0.1) is 0 Å². The average Bonchev–Trinajstić information content (AvgIpc) is 3.05. The van der Waals surface area contributed by atoms with Crippen molar-refractivity contribution in [2.75, 3.05) is 14.2 Å². The highest BCUT2D eigenvalue weighted by molar-refractivity contribution is 5.80. The Morgan fingerprint density at radius 2 is 1.48 bits per heavy atom. The van der Waals surface area contributed by atoms with E-state index in [4.69, 9.17) is 14.6 Å². The van der Waals surface area contributed by atoms with Crippen molar-refractivity contribution in [3.05, 3.63) is 54.4 Å². The maximum atomic E-state index is 11.0. The average molecular weight is 338 g/mol. The summed E-state index contributed by atoms with van der Waals surface area (Å²) in [7, 11) is 3.22. The first-order valence-corrected chi connectivity index (χ1v) is 7.70. The first kappa shape index (κ1) is 16.6. The van der Waals surface area contributed by atoms with Gasteiger partial charge in [-0.2, -0.15) is 0 Å². The van der Waals surface area contributed by atoms with Crippen LogP contribution in [-0.4, -0.2) is 35.3 Å². The molecule has 2 aromatic carbocycles. The maximum Gasteiger partial charge on any atom is 0.311 e. The van der Waals surface area contributed by atoms with E-state index in [1.807, 2.05) is 48.5 Å². The third-order valence-corrected chi connectivity index (χ3v) is 3.81. The van der Waals surface area contributed by atoms with Gasteiger partial charge in [0.15, 0.2) is 0 Å². The Kier molecular flexibility index (Phi) is 4.70. The van der Waals surface area contributed by atoms with Gasteiger partial charge in [0.05, 0.1) is 25.6 Å². The molecule has 0 unspecified atom stereocenters. The summed E-state index contributed by atoms with van der Waals surface area (Å²) in [5.41, 5.74) is 3.24. The van der Waals surface area contributed by atoms with Crippen LogP contribution in [0.1, 0.15) is 5.82 Å². The van der Waals surface area contributed by atoms with Crippen LogP contribution in [0.4, 0.5) is 0 Å². The molecule has 0 saturated carbocycles. The molecule has 0 amide bonds. The SMILES string of the molecule is COc1ccc(-c2nc(CC(=O)O)[nH]c2-c2ccc(OC)cc2)cc1. The standard InChI is InChI=1S/C19H18N2O4/c1-24-14-7-3-12(4-8-14)18-19(21-16(20-18)11-17(22)23)13-5-9-15(25-2)10-6-13/h3-10H,11H2,1-2H3,(H,20,21)(H,22,23).